The van der Waals surface area contributed by atoms with Crippen LogP contribution in [0.1, 0.15) is 57.8 Å². The Bertz CT molecular complexity index is 1700. The van der Waals surface area contributed by atoms with Crippen molar-refractivity contribution in [3.63, 3.8) is 0 Å². The molecular weight excluding hydrogens is 504 g/mol. The van der Waals surface area contributed by atoms with Crippen LogP contribution >= 0.6 is 0 Å². The van der Waals surface area contributed by atoms with Gasteiger partial charge >= 0.3 is 0 Å². The van der Waals surface area contributed by atoms with Gasteiger partial charge in [-0.15, -0.1) is 0 Å². The van der Waals surface area contributed by atoms with E-state index in [-0.39, 0.29) is 0 Å². The predicted molar refractivity (Wildman–Crippen MR) is 175 cm³/mol. The van der Waals surface area contributed by atoms with E-state index in [1.165, 1.54) is 51.4 Å². The third-order valence-corrected chi connectivity index (χ3v) is 11.4. The van der Waals surface area contributed by atoms with Gasteiger partial charge in [0, 0.05) is 29.6 Å². The molecular formula is C42H40. The normalized spacial score (nSPS) is 33.9. The SMILES string of the molecule is C1=CC2C3=C(CCC=C3)C3=C(C=C(C4=CC(C5C=CC6=C(C5)C5=C(C=CCC5)C5C=CC=CC65)=CCC4)CC3)C2C=C1. The Morgan fingerprint density at radius 3 is 1.71 bits per heavy atom. The maximum atomic E-state index is 2.64. The number of hydrogen-bond acceptors (Lipinski definition) is 0. The van der Waals surface area contributed by atoms with Crippen LogP contribution in [0, 0.1) is 29.6 Å². The lowest BCUT2D eigenvalue weighted by molar-refractivity contribution is 0.567. The predicted octanol–water partition coefficient (Wildman–Crippen LogP) is 10.6. The van der Waals surface area contributed by atoms with Gasteiger partial charge in [0.05, 0.1) is 0 Å². The minimum atomic E-state index is 0.490. The second-order valence-corrected chi connectivity index (χ2v) is 13.5. The van der Waals surface area contributed by atoms with E-state index in [1.807, 2.05) is 0 Å². The number of rotatable bonds is 2. The number of hydrogen-bond donors (Lipinski definition) is 0. The van der Waals surface area contributed by atoms with Crippen LogP contribution in [0.2, 0.25) is 0 Å². The average molecular weight is 545 g/mol. The number of allylic oxidation sites excluding steroid dienone is 28. The third kappa shape index (κ3) is 3.87. The fraction of sp³-hybridized carbons (Fsp3) is 0.333. The molecule has 0 amide bonds. The lowest BCUT2D eigenvalue weighted by atomic mass is 9.64. The van der Waals surface area contributed by atoms with Gasteiger partial charge in [0.2, 0.25) is 0 Å². The molecule has 0 aromatic carbocycles. The summed E-state index contributed by atoms with van der Waals surface area (Å²) in [5, 5.41) is 0. The second-order valence-electron chi connectivity index (χ2n) is 13.5. The molecule has 0 spiro atoms. The highest BCUT2D eigenvalue weighted by atomic mass is 14.4. The molecule has 9 aliphatic rings. The van der Waals surface area contributed by atoms with Gasteiger partial charge in [-0.25, -0.2) is 0 Å². The quantitative estimate of drug-likeness (QED) is 0.324. The lowest BCUT2D eigenvalue weighted by Gasteiger charge is -2.40. The fourth-order valence-corrected chi connectivity index (χ4v) is 9.47. The Labute approximate surface area is 251 Å². The van der Waals surface area contributed by atoms with Crippen molar-refractivity contribution in [2.75, 3.05) is 0 Å². The smallest absolute Gasteiger partial charge is 0.0128 e. The summed E-state index contributed by atoms with van der Waals surface area (Å²) < 4.78 is 0. The third-order valence-electron chi connectivity index (χ3n) is 11.4. The van der Waals surface area contributed by atoms with Gasteiger partial charge in [-0.2, -0.15) is 0 Å². The summed E-state index contributed by atoms with van der Waals surface area (Å²) in [7, 11) is 0. The van der Waals surface area contributed by atoms with Crippen LogP contribution in [0.15, 0.2) is 165 Å². The van der Waals surface area contributed by atoms with E-state index in [4.69, 9.17) is 0 Å². The molecule has 0 saturated carbocycles. The van der Waals surface area contributed by atoms with Crippen molar-refractivity contribution in [3.05, 3.63) is 165 Å². The van der Waals surface area contributed by atoms with Crippen LogP contribution in [0.3, 0.4) is 0 Å². The van der Waals surface area contributed by atoms with Crippen LogP contribution in [-0.4, -0.2) is 0 Å². The molecule has 0 saturated heterocycles. The molecule has 42 heavy (non-hydrogen) atoms. The zero-order chi connectivity index (χ0) is 27.6. The monoisotopic (exact) mass is 544 g/mol. The van der Waals surface area contributed by atoms with Crippen molar-refractivity contribution in [2.45, 2.75) is 57.8 Å². The first-order chi connectivity index (χ1) is 20.8. The highest BCUT2D eigenvalue weighted by molar-refractivity contribution is 5.62. The molecule has 208 valence electrons. The molecule has 9 aliphatic carbocycles. The van der Waals surface area contributed by atoms with Gasteiger partial charge in [-0.3, -0.25) is 0 Å². The molecule has 5 unspecified atom stereocenters. The molecule has 0 heterocycles. The first kappa shape index (κ1) is 24.9. The Balaban J connectivity index is 1.03. The maximum Gasteiger partial charge on any atom is 0.0128 e. The van der Waals surface area contributed by atoms with Gasteiger partial charge in [0.15, 0.2) is 0 Å². The van der Waals surface area contributed by atoms with Crippen molar-refractivity contribution >= 4 is 0 Å². The topological polar surface area (TPSA) is 0 Å². The molecule has 5 atom stereocenters. The minimum Gasteiger partial charge on any atom is -0.0839 e. The molecule has 0 radical (unpaired) electrons. The lowest BCUT2D eigenvalue weighted by Crippen LogP contribution is -2.27. The van der Waals surface area contributed by atoms with E-state index >= 15 is 0 Å². The molecule has 0 aromatic rings. The van der Waals surface area contributed by atoms with Crippen LogP contribution in [-0.2, 0) is 0 Å². The largest absolute Gasteiger partial charge is 0.0839 e. The second kappa shape index (κ2) is 9.98. The first-order valence-corrected chi connectivity index (χ1v) is 16.6. The van der Waals surface area contributed by atoms with Crippen molar-refractivity contribution in [2.24, 2.45) is 29.6 Å². The summed E-state index contributed by atoms with van der Waals surface area (Å²) >= 11 is 0. The van der Waals surface area contributed by atoms with Gasteiger partial charge < -0.3 is 0 Å². The van der Waals surface area contributed by atoms with E-state index < -0.39 is 0 Å². The first-order valence-electron chi connectivity index (χ1n) is 16.6. The highest BCUT2D eigenvalue weighted by Crippen LogP contribution is 2.52. The standard InChI is InChI=1S/C42H40/c1-3-16-35-31(12-1)33-14-5-7-18-37(33)41-25-29(20-22-39(35)41)27-10-9-11-28(24-27)30-21-23-40-36-17-4-2-13-32(36)34-15-6-8-19-38(34)42(40)26-30/h1-3,5-6,8,10,12-16,19-20,22,24,26,29,31,34-35,38H,4,7,9,11,17-18,21,23,25H2. The Morgan fingerprint density at radius 1 is 0.452 bits per heavy atom. The molecule has 0 aliphatic heterocycles. The zero-order valence-corrected chi connectivity index (χ0v) is 24.6. The molecule has 0 bridgehead atoms. The van der Waals surface area contributed by atoms with Crippen molar-refractivity contribution in [3.8, 4) is 0 Å². The van der Waals surface area contributed by atoms with E-state index in [9.17, 15) is 0 Å². The van der Waals surface area contributed by atoms with Gasteiger partial charge in [-0.1, -0.05) is 103 Å². The summed E-state index contributed by atoms with van der Waals surface area (Å²) in [6.45, 7) is 0. The summed E-state index contributed by atoms with van der Waals surface area (Å²) in [4.78, 5) is 0. The van der Waals surface area contributed by atoms with E-state index in [2.05, 4.69) is 103 Å². The van der Waals surface area contributed by atoms with E-state index in [0.29, 0.717) is 29.6 Å². The van der Waals surface area contributed by atoms with Crippen molar-refractivity contribution in [1.29, 1.82) is 0 Å². The highest BCUT2D eigenvalue weighted by Gasteiger charge is 2.38. The van der Waals surface area contributed by atoms with Crippen LogP contribution in [0.4, 0.5) is 0 Å². The minimum absolute atomic E-state index is 0.490. The van der Waals surface area contributed by atoms with Crippen molar-refractivity contribution in [1.82, 2.24) is 0 Å². The Kier molecular flexibility index (Phi) is 5.92. The molecule has 0 N–H and O–H groups in total. The summed E-state index contributed by atoms with van der Waals surface area (Å²) in [5.74, 6) is 2.52. The van der Waals surface area contributed by atoms with Crippen LogP contribution < -0.4 is 0 Å². The van der Waals surface area contributed by atoms with Gasteiger partial charge in [0.25, 0.3) is 0 Å². The van der Waals surface area contributed by atoms with E-state index in [1.54, 1.807) is 61.3 Å². The summed E-state index contributed by atoms with van der Waals surface area (Å²) in [6, 6.07) is 0. The maximum absolute atomic E-state index is 2.64. The van der Waals surface area contributed by atoms with Gasteiger partial charge in [-0.05, 0) is 119 Å². The summed E-state index contributed by atoms with van der Waals surface area (Å²) in [5.41, 5.74) is 17.8. The van der Waals surface area contributed by atoms with Gasteiger partial charge in [0.1, 0.15) is 0 Å². The molecule has 9 rings (SSSR count). The molecule has 0 heteroatoms. The fourth-order valence-electron chi connectivity index (χ4n) is 9.47. The Morgan fingerprint density at radius 2 is 1.02 bits per heavy atom. The van der Waals surface area contributed by atoms with Crippen LogP contribution in [0.5, 0.6) is 0 Å². The van der Waals surface area contributed by atoms with Crippen LogP contribution in [0.25, 0.3) is 0 Å². The zero-order valence-electron chi connectivity index (χ0n) is 24.6. The molecule has 0 fully saturated rings. The number of fused-ring (bicyclic) bond motifs is 8. The van der Waals surface area contributed by atoms with Crippen molar-refractivity contribution < 1.29 is 0 Å². The Hall–Kier alpha value is -3.64. The molecule has 0 nitrogen and oxygen atoms in total. The average Bonchev–Trinajstić information content (AvgIpc) is 3.08. The molecule has 0 aromatic heterocycles. The summed E-state index contributed by atoms with van der Waals surface area (Å²) in [6.07, 6.45) is 52.1. The van der Waals surface area contributed by atoms with E-state index in [0.717, 1.165) is 6.42 Å².